The van der Waals surface area contributed by atoms with E-state index in [9.17, 15) is 0 Å². The molecule has 0 radical (unpaired) electrons. The lowest BCUT2D eigenvalue weighted by Gasteiger charge is -2.29. The number of benzene rings is 1. The molecule has 0 aliphatic heterocycles. The van der Waals surface area contributed by atoms with Crippen LogP contribution in [-0.2, 0) is 12.0 Å². The van der Waals surface area contributed by atoms with Crippen molar-refractivity contribution in [2.24, 2.45) is 0 Å². The molecule has 1 aromatic carbocycles. The molecule has 1 aliphatic carbocycles. The van der Waals surface area contributed by atoms with Crippen LogP contribution < -0.4 is 5.32 Å². The van der Waals surface area contributed by atoms with Gasteiger partial charge in [-0.15, -0.1) is 11.3 Å². The van der Waals surface area contributed by atoms with Gasteiger partial charge in [-0.2, -0.15) is 0 Å². The molecule has 1 N–H and O–H groups in total. The van der Waals surface area contributed by atoms with Crippen LogP contribution in [0.25, 0.3) is 0 Å². The molecule has 3 heteroatoms. The number of hydrogen-bond donors (Lipinski definition) is 1. The number of nitrogens with zero attached hydrogens (tertiary/aromatic N) is 1. The average molecular weight is 258 g/mol. The Kier molecular flexibility index (Phi) is 2.96. The number of fused-ring (bicyclic) bond motifs is 1. The minimum atomic E-state index is -0.0513. The Morgan fingerprint density at radius 3 is 2.94 bits per heavy atom. The lowest BCUT2D eigenvalue weighted by Crippen LogP contribution is -2.41. The summed E-state index contributed by atoms with van der Waals surface area (Å²) in [5.74, 6) is 0. The van der Waals surface area contributed by atoms with Crippen molar-refractivity contribution in [2.75, 3.05) is 6.54 Å². The third kappa shape index (κ3) is 1.70. The zero-order chi connectivity index (χ0) is 12.6. The van der Waals surface area contributed by atoms with Crippen LogP contribution in [0.1, 0.15) is 35.2 Å². The predicted octanol–water partition coefficient (Wildman–Crippen LogP) is 3.25. The van der Waals surface area contributed by atoms with Crippen LogP contribution in [0.3, 0.4) is 0 Å². The van der Waals surface area contributed by atoms with Crippen LogP contribution >= 0.6 is 11.3 Å². The summed E-state index contributed by atoms with van der Waals surface area (Å²) in [6.07, 6.45) is 2.26. The van der Waals surface area contributed by atoms with Gasteiger partial charge >= 0.3 is 0 Å². The van der Waals surface area contributed by atoms with E-state index < -0.39 is 0 Å². The SMILES string of the molecule is CCNC1(c2nc(C)cs2)CCc2ccccc21. The number of aromatic nitrogens is 1. The summed E-state index contributed by atoms with van der Waals surface area (Å²) >= 11 is 1.78. The highest BCUT2D eigenvalue weighted by Crippen LogP contribution is 2.42. The second kappa shape index (κ2) is 4.48. The van der Waals surface area contributed by atoms with Crippen LogP contribution in [-0.4, -0.2) is 11.5 Å². The molecule has 1 atom stereocenters. The van der Waals surface area contributed by atoms with Gasteiger partial charge in [-0.05, 0) is 37.4 Å². The summed E-state index contributed by atoms with van der Waals surface area (Å²) in [7, 11) is 0. The maximum atomic E-state index is 4.74. The van der Waals surface area contributed by atoms with E-state index in [0.29, 0.717) is 0 Å². The van der Waals surface area contributed by atoms with Gasteiger partial charge in [0.05, 0.1) is 5.54 Å². The van der Waals surface area contributed by atoms with Gasteiger partial charge in [0.15, 0.2) is 0 Å². The van der Waals surface area contributed by atoms with Crippen LogP contribution in [0.15, 0.2) is 29.6 Å². The Hall–Kier alpha value is -1.19. The van der Waals surface area contributed by atoms with Crippen molar-refractivity contribution in [2.45, 2.75) is 32.2 Å². The third-order valence-corrected chi connectivity index (χ3v) is 4.83. The van der Waals surface area contributed by atoms with Crippen LogP contribution in [0.2, 0.25) is 0 Å². The monoisotopic (exact) mass is 258 g/mol. The normalized spacial score (nSPS) is 22.1. The van der Waals surface area contributed by atoms with E-state index in [1.807, 2.05) is 0 Å². The predicted molar refractivity (Wildman–Crippen MR) is 76.1 cm³/mol. The summed E-state index contributed by atoms with van der Waals surface area (Å²) in [6, 6.07) is 8.77. The molecule has 94 valence electrons. The molecule has 3 rings (SSSR count). The van der Waals surface area contributed by atoms with Crippen molar-refractivity contribution in [3.05, 3.63) is 51.5 Å². The van der Waals surface area contributed by atoms with E-state index in [4.69, 9.17) is 4.98 Å². The molecule has 0 spiro atoms. The van der Waals surface area contributed by atoms with Gasteiger partial charge in [0, 0.05) is 11.1 Å². The van der Waals surface area contributed by atoms with Crippen molar-refractivity contribution in [1.82, 2.24) is 10.3 Å². The Bertz CT molecular complexity index is 557. The van der Waals surface area contributed by atoms with E-state index in [1.165, 1.54) is 16.1 Å². The van der Waals surface area contributed by atoms with Crippen molar-refractivity contribution in [3.8, 4) is 0 Å². The minimum Gasteiger partial charge on any atom is -0.302 e. The first-order valence-electron chi connectivity index (χ1n) is 6.52. The highest BCUT2D eigenvalue weighted by molar-refractivity contribution is 7.09. The van der Waals surface area contributed by atoms with Crippen LogP contribution in [0.5, 0.6) is 0 Å². The topological polar surface area (TPSA) is 24.9 Å². The van der Waals surface area contributed by atoms with Gasteiger partial charge in [-0.25, -0.2) is 4.98 Å². The van der Waals surface area contributed by atoms with Gasteiger partial charge in [-0.1, -0.05) is 31.2 Å². The molecule has 0 fully saturated rings. The van der Waals surface area contributed by atoms with Gasteiger partial charge in [-0.3, -0.25) is 0 Å². The molecule has 0 saturated heterocycles. The van der Waals surface area contributed by atoms with E-state index >= 15 is 0 Å². The maximum absolute atomic E-state index is 4.74. The molecule has 0 saturated carbocycles. The molecule has 1 aliphatic rings. The number of thiazole rings is 1. The van der Waals surface area contributed by atoms with Gasteiger partial charge in [0.1, 0.15) is 5.01 Å². The zero-order valence-corrected chi connectivity index (χ0v) is 11.7. The molecule has 1 unspecified atom stereocenters. The summed E-state index contributed by atoms with van der Waals surface area (Å²) in [5, 5.41) is 7.05. The fraction of sp³-hybridized carbons (Fsp3) is 0.400. The highest BCUT2D eigenvalue weighted by atomic mass is 32.1. The highest BCUT2D eigenvalue weighted by Gasteiger charge is 2.41. The van der Waals surface area contributed by atoms with Crippen molar-refractivity contribution in [1.29, 1.82) is 0 Å². The Labute approximate surface area is 112 Å². The van der Waals surface area contributed by atoms with Gasteiger partial charge < -0.3 is 5.32 Å². The first-order chi connectivity index (χ1) is 8.76. The van der Waals surface area contributed by atoms with E-state index in [0.717, 1.165) is 25.1 Å². The first kappa shape index (κ1) is 11.9. The van der Waals surface area contributed by atoms with Crippen molar-refractivity contribution in [3.63, 3.8) is 0 Å². The Balaban J connectivity index is 2.14. The maximum Gasteiger partial charge on any atom is 0.118 e. The van der Waals surface area contributed by atoms with Crippen LogP contribution in [0, 0.1) is 6.92 Å². The second-order valence-corrected chi connectivity index (χ2v) is 5.74. The lowest BCUT2D eigenvalue weighted by atomic mass is 9.92. The van der Waals surface area contributed by atoms with Crippen LogP contribution in [0.4, 0.5) is 0 Å². The largest absolute Gasteiger partial charge is 0.302 e. The van der Waals surface area contributed by atoms with Gasteiger partial charge in [0.2, 0.25) is 0 Å². The third-order valence-electron chi connectivity index (χ3n) is 3.71. The molecule has 1 heterocycles. The van der Waals surface area contributed by atoms with Crippen molar-refractivity contribution >= 4 is 11.3 Å². The molecule has 2 aromatic rings. The van der Waals surface area contributed by atoms with E-state index in [-0.39, 0.29) is 5.54 Å². The molecule has 0 amide bonds. The zero-order valence-electron chi connectivity index (χ0n) is 10.9. The number of rotatable bonds is 3. The smallest absolute Gasteiger partial charge is 0.118 e. The fourth-order valence-corrected chi connectivity index (χ4v) is 3.96. The first-order valence-corrected chi connectivity index (χ1v) is 7.40. The standard InChI is InChI=1S/C15H18N2S/c1-3-16-15(14-17-11(2)10-18-14)9-8-12-6-4-5-7-13(12)15/h4-7,10,16H,3,8-9H2,1-2H3. The molecule has 2 nitrogen and oxygen atoms in total. The van der Waals surface area contributed by atoms with Gasteiger partial charge in [0.25, 0.3) is 0 Å². The quantitative estimate of drug-likeness (QED) is 0.914. The molecular formula is C15H18N2S. The number of aryl methyl sites for hydroxylation is 2. The number of hydrogen-bond acceptors (Lipinski definition) is 3. The Morgan fingerprint density at radius 2 is 2.22 bits per heavy atom. The Morgan fingerprint density at radius 1 is 1.39 bits per heavy atom. The summed E-state index contributed by atoms with van der Waals surface area (Å²) in [4.78, 5) is 4.74. The summed E-state index contributed by atoms with van der Waals surface area (Å²) in [5.41, 5.74) is 3.95. The second-order valence-electron chi connectivity index (χ2n) is 4.89. The fourth-order valence-electron chi connectivity index (χ4n) is 2.94. The van der Waals surface area contributed by atoms with E-state index in [2.05, 4.69) is 48.8 Å². The number of nitrogens with one attached hydrogen (secondary N) is 1. The molecular weight excluding hydrogens is 240 g/mol. The minimum absolute atomic E-state index is 0.0513. The summed E-state index contributed by atoms with van der Waals surface area (Å²) < 4.78 is 0. The van der Waals surface area contributed by atoms with Crippen molar-refractivity contribution < 1.29 is 0 Å². The molecule has 1 aromatic heterocycles. The van der Waals surface area contributed by atoms with E-state index in [1.54, 1.807) is 11.3 Å². The molecule has 18 heavy (non-hydrogen) atoms. The summed E-state index contributed by atoms with van der Waals surface area (Å²) in [6.45, 7) is 5.20. The average Bonchev–Trinajstić information content (AvgIpc) is 2.96. The molecule has 0 bridgehead atoms. The lowest BCUT2D eigenvalue weighted by molar-refractivity contribution is 0.407.